The molecule has 19 rings (SSSR count). The summed E-state index contributed by atoms with van der Waals surface area (Å²) in [4.78, 5) is 188. The molecule has 19 aliphatic rings. The van der Waals surface area contributed by atoms with Crippen LogP contribution >= 0.6 is 0 Å². The first kappa shape index (κ1) is 110. The van der Waals surface area contributed by atoms with Crippen molar-refractivity contribution in [2.45, 2.75) is 418 Å². The van der Waals surface area contributed by atoms with Crippen molar-refractivity contribution >= 4 is 95.5 Å². The summed E-state index contributed by atoms with van der Waals surface area (Å²) in [6, 6.07) is 2.15. The van der Waals surface area contributed by atoms with Crippen LogP contribution in [0.2, 0.25) is 0 Å². The minimum Gasteiger partial charge on any atom is -0.465 e. The first-order valence-corrected chi connectivity index (χ1v) is 51.0. The van der Waals surface area contributed by atoms with Crippen molar-refractivity contribution in [2.75, 3.05) is 19.8 Å². The van der Waals surface area contributed by atoms with E-state index in [4.69, 9.17) is 80.5 Å². The quantitative estimate of drug-likeness (QED) is 0.0639. The third-order valence-corrected chi connectivity index (χ3v) is 34.4. The standard InChI is InChI=1S/C16H24O4.C15H19NO4.C15H22O4.C14H20O4.C13H18O5.C12H20O4.2C10H16O4/c1-4-15(2,3)14(18)20-16-7-10-5-11(8-16)13(17)19-12(6-10)9-16;1-4-14(2,3)12(17)19-10-8-5-9-11(10)20-13(18)15(9,6-8)7-16;1-5-15(3,4)14(17)19-11-8-6-9-10(7(8)2)13(16)18-12(9)11;1-4-14(2,3)13(16)18-10-7-5-8-9(6-7)12(15)17-11(8)10;1-4-13(2,3)12(15)18-9-7-5-6-8(16-7)10(9)17-11(6)14;1-5-11(2,3)10(14)16-12(4)6-7-15-9(13)8-12;1-4-10(2,3)9(12)14-7-5-8(11)13-6-7;1-4-10(2,3)9(12)14-7-5-6-13-8(7)11/h10-12H,4-9H2,1-3H3;8-11H,4-6H2,1-3H3;7-12H,5-6H2,1-4H3;7-11H,4-6H2,1-3H3;6-10H,4-5H2,1-3H3;5-8H2,1-4H3;2*7H,4-6H2,1-3H3. The van der Waals surface area contributed by atoms with Crippen LogP contribution in [0.1, 0.15) is 328 Å². The molecule has 28 unspecified atom stereocenters. The predicted octanol–water partition coefficient (Wildman–Crippen LogP) is 14.4. The maximum absolute atomic E-state index is 12.4. The zero-order chi connectivity index (χ0) is 103. The van der Waals surface area contributed by atoms with Gasteiger partial charge in [0.25, 0.3) is 0 Å². The van der Waals surface area contributed by atoms with E-state index in [1.165, 1.54) is 0 Å². The van der Waals surface area contributed by atoms with E-state index in [2.05, 4.69) is 13.0 Å². The number of hydrogen-bond acceptors (Lipinski definition) is 34. The van der Waals surface area contributed by atoms with Crippen LogP contribution in [-0.2, 0) is 157 Å². The Morgan fingerprint density at radius 1 is 0.410 bits per heavy atom. The highest BCUT2D eigenvalue weighted by atomic mass is 16.7. The van der Waals surface area contributed by atoms with Crippen LogP contribution < -0.4 is 0 Å². The van der Waals surface area contributed by atoms with Crippen molar-refractivity contribution < 1.29 is 157 Å². The minimum atomic E-state index is -0.974. The summed E-state index contributed by atoms with van der Waals surface area (Å²) in [6.07, 6.45) is 12.0. The number of cyclic esters (lactones) is 3. The minimum absolute atomic E-state index is 0.0455. The second-order valence-electron chi connectivity index (χ2n) is 47.3. The highest BCUT2D eigenvalue weighted by Crippen LogP contribution is 2.64. The van der Waals surface area contributed by atoms with Gasteiger partial charge in [0, 0.05) is 61.2 Å². The lowest BCUT2D eigenvalue weighted by molar-refractivity contribution is -0.185. The van der Waals surface area contributed by atoms with Gasteiger partial charge >= 0.3 is 95.5 Å². The maximum Gasteiger partial charge on any atom is 0.347 e. The summed E-state index contributed by atoms with van der Waals surface area (Å²) in [5.41, 5.74) is -6.04. The molecule has 34 nitrogen and oxygen atoms in total. The average Bonchev–Trinajstić information content (AvgIpc) is 1.54. The Bertz CT molecular complexity index is 4600. The highest BCUT2D eigenvalue weighted by Gasteiger charge is 2.74. The fourth-order valence-corrected chi connectivity index (χ4v) is 21.4. The molecule has 11 saturated heterocycles. The molecule has 34 heteroatoms. The smallest absolute Gasteiger partial charge is 0.347 e. The highest BCUT2D eigenvalue weighted by molar-refractivity contribution is 5.87. The largest absolute Gasteiger partial charge is 0.465 e. The number of carbonyl (C=O) groups is 16. The molecule has 8 saturated carbocycles. The van der Waals surface area contributed by atoms with E-state index in [0.717, 1.165) is 64.2 Å². The van der Waals surface area contributed by atoms with E-state index in [0.29, 0.717) is 108 Å². The molecule has 11 heterocycles. The van der Waals surface area contributed by atoms with Gasteiger partial charge in [0.05, 0.1) is 105 Å². The molecule has 0 N–H and O–H groups in total. The summed E-state index contributed by atoms with van der Waals surface area (Å²) >= 11 is 0. The third kappa shape index (κ3) is 23.3. The molecule has 0 spiro atoms. The maximum atomic E-state index is 12.4. The van der Waals surface area contributed by atoms with Gasteiger partial charge in [-0.15, -0.1) is 0 Å². The van der Waals surface area contributed by atoms with Crippen molar-refractivity contribution in [2.24, 2.45) is 120 Å². The number of ether oxygens (including phenoxy) is 17. The predicted molar refractivity (Wildman–Crippen MR) is 491 cm³/mol. The van der Waals surface area contributed by atoms with Gasteiger partial charge in [0.2, 0.25) is 6.10 Å². The van der Waals surface area contributed by atoms with Gasteiger partial charge in [-0.25, -0.2) is 4.79 Å². The fourth-order valence-electron chi connectivity index (χ4n) is 21.4. The van der Waals surface area contributed by atoms with Gasteiger partial charge in [-0.05, 0) is 239 Å². The van der Waals surface area contributed by atoms with E-state index >= 15 is 0 Å². The Kier molecular flexibility index (Phi) is 33.4. The van der Waals surface area contributed by atoms with E-state index in [-0.39, 0.29) is 205 Å². The zero-order valence-corrected chi connectivity index (χ0v) is 86.7. The normalized spacial score (nSPS) is 35.6. The molecule has 8 aliphatic carbocycles. The number of nitrogens with zero attached hydrogens (tertiary/aromatic N) is 1. The number of fused-ring (bicyclic) bond motifs is 5. The molecule has 0 aromatic carbocycles. The molecule has 11 aliphatic heterocycles. The van der Waals surface area contributed by atoms with Gasteiger partial charge < -0.3 is 80.5 Å². The Morgan fingerprint density at radius 2 is 0.899 bits per heavy atom. The summed E-state index contributed by atoms with van der Waals surface area (Å²) in [5.74, 6) is -1.87. The van der Waals surface area contributed by atoms with Crippen molar-refractivity contribution in [3.63, 3.8) is 0 Å². The van der Waals surface area contributed by atoms with Crippen LogP contribution in [0.5, 0.6) is 0 Å². The lowest BCUT2D eigenvalue weighted by atomic mass is 9.65. The van der Waals surface area contributed by atoms with Gasteiger partial charge in [0.15, 0.2) is 17.6 Å². The summed E-state index contributed by atoms with van der Waals surface area (Å²) in [6.45, 7) is 50.2. The van der Waals surface area contributed by atoms with Gasteiger partial charge in [-0.3, -0.25) is 71.9 Å². The van der Waals surface area contributed by atoms with Crippen LogP contribution in [0.4, 0.5) is 0 Å². The van der Waals surface area contributed by atoms with Crippen LogP contribution in [0.15, 0.2) is 0 Å². The van der Waals surface area contributed by atoms with Gasteiger partial charge in [-0.1, -0.05) is 62.3 Å². The first-order valence-electron chi connectivity index (χ1n) is 51.0. The summed E-state index contributed by atoms with van der Waals surface area (Å²) in [5, 5.41) is 9.31. The Labute approximate surface area is 818 Å². The molecule has 19 fully saturated rings. The second-order valence-corrected chi connectivity index (χ2v) is 47.3. The topological polar surface area (TPSA) is 454 Å². The first-order chi connectivity index (χ1) is 64.6. The van der Waals surface area contributed by atoms with Crippen molar-refractivity contribution in [3.8, 4) is 6.07 Å². The Balaban J connectivity index is 0.000000153. The monoisotopic (exact) mass is 1960 g/mol. The van der Waals surface area contributed by atoms with E-state index in [1.807, 2.05) is 152 Å². The van der Waals surface area contributed by atoms with Gasteiger partial charge in [-0.2, -0.15) is 5.26 Å². The van der Waals surface area contributed by atoms with E-state index in [9.17, 15) is 82.0 Å². The molecular weight excluding hydrogens is 1800 g/mol. The molecule has 0 amide bonds. The number of hydrogen-bond donors (Lipinski definition) is 0. The third-order valence-electron chi connectivity index (χ3n) is 34.4. The molecule has 139 heavy (non-hydrogen) atoms. The molecule has 0 radical (unpaired) electrons. The van der Waals surface area contributed by atoms with Crippen molar-refractivity contribution in [1.82, 2.24) is 0 Å². The Hall–Kier alpha value is -9.03. The molecule has 0 aromatic heterocycles. The van der Waals surface area contributed by atoms with Crippen molar-refractivity contribution in [1.29, 1.82) is 5.26 Å². The lowest BCUT2D eigenvalue weighted by Gasteiger charge is -2.46. The van der Waals surface area contributed by atoms with E-state index < -0.39 is 96.3 Å². The fraction of sp³-hybridized carbons (Fsp3) is 0.838. The summed E-state index contributed by atoms with van der Waals surface area (Å²) in [7, 11) is 0. The van der Waals surface area contributed by atoms with E-state index in [1.54, 1.807) is 20.8 Å². The van der Waals surface area contributed by atoms with Crippen LogP contribution in [-0.4, -0.2) is 206 Å². The van der Waals surface area contributed by atoms with Crippen LogP contribution in [0.25, 0.3) is 0 Å². The molecular formula is C105H155NO33. The molecule has 0 aromatic rings. The lowest BCUT2D eigenvalue weighted by Crippen LogP contribution is -2.49. The summed E-state index contributed by atoms with van der Waals surface area (Å²) < 4.78 is 91.1. The van der Waals surface area contributed by atoms with Crippen molar-refractivity contribution in [3.05, 3.63) is 0 Å². The molecule has 12 bridgehead atoms. The number of nitriles is 1. The van der Waals surface area contributed by atoms with Gasteiger partial charge in [0.1, 0.15) is 72.7 Å². The second kappa shape index (κ2) is 42.1. The molecule has 778 valence electrons. The zero-order valence-electron chi connectivity index (χ0n) is 86.7. The number of esters is 16. The van der Waals surface area contributed by atoms with Crippen LogP contribution in [0.3, 0.4) is 0 Å². The Morgan fingerprint density at radius 3 is 1.42 bits per heavy atom. The number of rotatable bonds is 24. The molecule has 28 atom stereocenters. The van der Waals surface area contributed by atoms with Crippen LogP contribution in [0, 0.1) is 131 Å². The number of carbonyl (C=O) groups excluding carboxylic acids is 16. The average molecular weight is 1960 g/mol. The SMILES string of the molecule is CCC(C)(C)C(=O)OC1(C)CCOC(=O)C1.CCC(C)(C)C(=O)OC12CC3CC(C1)OC(=O)C(C3)C2.CCC(C)(C)C(=O)OC1C2CC3C(=O)OC1C3C2.CCC(C)(C)C(=O)OC1C2CC3C(=O)OC1C3O2.CCC(C)(C)C(=O)OC1C2CC3C1OC(=O)C3(C#N)C2.CCC(C)(C)C(=O)OC1C2CC3C1OC(=O)C3C2C.CCC(C)(C)C(=O)OC1CCOC1=O.CCC(C)(C)C(=O)OC1COC(=O)C1.